The summed E-state index contributed by atoms with van der Waals surface area (Å²) in [5.41, 5.74) is -0.227. The number of hydrogen-bond donors (Lipinski definition) is 3. The molecule has 1 heterocycles. The van der Waals surface area contributed by atoms with Crippen molar-refractivity contribution in [3.8, 4) is 0 Å². The van der Waals surface area contributed by atoms with Crippen LogP contribution < -0.4 is 16.2 Å². The van der Waals surface area contributed by atoms with Crippen molar-refractivity contribution >= 4 is 28.5 Å². The van der Waals surface area contributed by atoms with Crippen molar-refractivity contribution in [2.45, 2.75) is 26.2 Å². The van der Waals surface area contributed by atoms with E-state index < -0.39 is 0 Å². The maximum absolute atomic E-state index is 11.7. The maximum atomic E-state index is 11.7. The Morgan fingerprint density at radius 3 is 2.68 bits per heavy atom. The molecule has 0 spiro atoms. The molecule has 2 rings (SSSR count). The molecule has 0 unspecified atom stereocenters. The highest BCUT2D eigenvalue weighted by molar-refractivity contribution is 5.90. The van der Waals surface area contributed by atoms with Crippen LogP contribution in [-0.2, 0) is 14.3 Å². The minimum atomic E-state index is -0.365. The van der Waals surface area contributed by atoms with Gasteiger partial charge in [0, 0.05) is 24.9 Å². The monoisotopic (exact) mass is 346 g/mol. The van der Waals surface area contributed by atoms with Gasteiger partial charge in [0.2, 0.25) is 5.91 Å². The van der Waals surface area contributed by atoms with E-state index in [1.165, 1.54) is 0 Å². The quantitative estimate of drug-likeness (QED) is 0.464. The smallest absolute Gasteiger partial charge is 0.306 e. The summed E-state index contributed by atoms with van der Waals surface area (Å²) in [6.45, 7) is 3.11. The number of carbonyl (C=O) groups excluding carboxylic acids is 2. The van der Waals surface area contributed by atoms with Gasteiger partial charge in [-0.3, -0.25) is 14.4 Å². The van der Waals surface area contributed by atoms with Gasteiger partial charge in [-0.1, -0.05) is 18.2 Å². The number of benzene rings is 1. The number of carbonyl (C=O) groups is 2. The van der Waals surface area contributed by atoms with Gasteiger partial charge in [0.25, 0.3) is 5.56 Å². The van der Waals surface area contributed by atoms with Crippen molar-refractivity contribution in [1.29, 1.82) is 0 Å². The summed E-state index contributed by atoms with van der Waals surface area (Å²) in [4.78, 5) is 34.5. The lowest BCUT2D eigenvalue weighted by molar-refractivity contribution is -0.144. The minimum absolute atomic E-state index is 0.0885. The van der Waals surface area contributed by atoms with E-state index in [2.05, 4.69) is 20.8 Å². The molecule has 0 bridgehead atoms. The summed E-state index contributed by atoms with van der Waals surface area (Å²) in [5.74, 6) is 0.0554. The van der Waals surface area contributed by atoms with Gasteiger partial charge in [-0.05, 0) is 19.4 Å². The summed E-state index contributed by atoms with van der Waals surface area (Å²) in [6.07, 6.45) is 0.893. The van der Waals surface area contributed by atoms with Gasteiger partial charge in [-0.2, -0.15) is 5.10 Å². The van der Waals surface area contributed by atoms with Crippen molar-refractivity contribution in [2.75, 3.05) is 25.0 Å². The van der Waals surface area contributed by atoms with Crippen LogP contribution in [0.3, 0.4) is 0 Å². The predicted octanol–water partition coefficient (Wildman–Crippen LogP) is 1.18. The van der Waals surface area contributed by atoms with E-state index in [1.807, 2.05) is 12.1 Å². The minimum Gasteiger partial charge on any atom is -0.466 e. The van der Waals surface area contributed by atoms with Gasteiger partial charge < -0.3 is 15.4 Å². The molecule has 3 N–H and O–H groups in total. The number of nitrogens with one attached hydrogen (secondary N) is 3. The Hall–Kier alpha value is -2.90. The van der Waals surface area contributed by atoms with Crippen LogP contribution in [0.25, 0.3) is 10.8 Å². The Morgan fingerprint density at radius 1 is 1.16 bits per heavy atom. The van der Waals surface area contributed by atoms with E-state index in [4.69, 9.17) is 4.74 Å². The molecule has 0 atom stereocenters. The summed E-state index contributed by atoms with van der Waals surface area (Å²) >= 11 is 0. The van der Waals surface area contributed by atoms with E-state index in [9.17, 15) is 14.4 Å². The molecule has 0 aliphatic heterocycles. The van der Waals surface area contributed by atoms with Crippen molar-refractivity contribution in [2.24, 2.45) is 0 Å². The highest BCUT2D eigenvalue weighted by Gasteiger charge is 2.07. The molecule has 0 radical (unpaired) electrons. The molecule has 0 saturated heterocycles. The lowest BCUT2D eigenvalue weighted by atomic mass is 10.2. The second-order valence-corrected chi connectivity index (χ2v) is 5.38. The normalized spacial score (nSPS) is 10.4. The van der Waals surface area contributed by atoms with Crippen LogP contribution in [0, 0.1) is 0 Å². The maximum Gasteiger partial charge on any atom is 0.306 e. The molecule has 25 heavy (non-hydrogen) atoms. The van der Waals surface area contributed by atoms with Crippen LogP contribution in [0.4, 0.5) is 5.82 Å². The fourth-order valence-electron chi connectivity index (χ4n) is 2.31. The standard InChI is InChI=1S/C17H22N4O4/c1-2-25-15(23)9-8-14(22)18-10-5-11-19-16-12-6-3-4-7-13(12)17(24)21-20-16/h3-4,6-7H,2,5,8-11H2,1H3,(H,18,22)(H,19,20)(H,21,24). The van der Waals surface area contributed by atoms with Crippen LogP contribution in [0.5, 0.6) is 0 Å². The largest absolute Gasteiger partial charge is 0.466 e. The van der Waals surface area contributed by atoms with E-state index in [1.54, 1.807) is 19.1 Å². The number of aromatic nitrogens is 2. The molecule has 8 nitrogen and oxygen atoms in total. The third-order valence-electron chi connectivity index (χ3n) is 3.53. The van der Waals surface area contributed by atoms with Crippen molar-refractivity contribution in [1.82, 2.24) is 15.5 Å². The molecule has 0 fully saturated rings. The summed E-state index contributed by atoms with van der Waals surface area (Å²) in [7, 11) is 0. The fourth-order valence-corrected chi connectivity index (χ4v) is 2.31. The van der Waals surface area contributed by atoms with Crippen LogP contribution >= 0.6 is 0 Å². The Morgan fingerprint density at radius 2 is 1.92 bits per heavy atom. The average Bonchev–Trinajstić information content (AvgIpc) is 2.62. The summed E-state index contributed by atoms with van der Waals surface area (Å²) in [5, 5.41) is 13.7. The molecule has 1 aromatic heterocycles. The topological polar surface area (TPSA) is 113 Å². The molecule has 1 aromatic carbocycles. The zero-order valence-corrected chi connectivity index (χ0v) is 14.1. The fraction of sp³-hybridized carbons (Fsp3) is 0.412. The molecule has 0 aliphatic rings. The van der Waals surface area contributed by atoms with Crippen LogP contribution in [0.1, 0.15) is 26.2 Å². The molecular weight excluding hydrogens is 324 g/mol. The number of amides is 1. The first kappa shape index (κ1) is 18.4. The van der Waals surface area contributed by atoms with Crippen LogP contribution in [0.2, 0.25) is 0 Å². The number of nitrogens with zero attached hydrogens (tertiary/aromatic N) is 1. The van der Waals surface area contributed by atoms with E-state index in [0.29, 0.717) is 37.3 Å². The third-order valence-corrected chi connectivity index (χ3v) is 3.53. The van der Waals surface area contributed by atoms with E-state index in [0.717, 1.165) is 5.39 Å². The Labute approximate surface area is 145 Å². The number of fused-ring (bicyclic) bond motifs is 1. The van der Waals surface area contributed by atoms with Gasteiger partial charge >= 0.3 is 5.97 Å². The van der Waals surface area contributed by atoms with Crippen molar-refractivity contribution in [3.05, 3.63) is 34.6 Å². The SMILES string of the molecule is CCOC(=O)CCC(=O)NCCCNc1n[nH]c(=O)c2ccccc12. The molecule has 8 heteroatoms. The number of esters is 1. The first-order chi connectivity index (χ1) is 12.1. The highest BCUT2D eigenvalue weighted by Crippen LogP contribution is 2.16. The van der Waals surface area contributed by atoms with Crippen molar-refractivity contribution < 1.29 is 14.3 Å². The molecule has 0 aliphatic carbocycles. The second-order valence-electron chi connectivity index (χ2n) is 5.38. The number of rotatable bonds is 9. The Balaban J connectivity index is 1.72. The van der Waals surface area contributed by atoms with Crippen molar-refractivity contribution in [3.63, 3.8) is 0 Å². The number of hydrogen-bond acceptors (Lipinski definition) is 6. The van der Waals surface area contributed by atoms with Crippen LogP contribution in [0.15, 0.2) is 29.1 Å². The zero-order chi connectivity index (χ0) is 18.1. The first-order valence-electron chi connectivity index (χ1n) is 8.25. The Kier molecular flexibility index (Phi) is 6.94. The number of H-pyrrole nitrogens is 1. The molecule has 1 amide bonds. The third kappa shape index (κ3) is 5.59. The van der Waals surface area contributed by atoms with E-state index >= 15 is 0 Å². The average molecular weight is 346 g/mol. The molecular formula is C17H22N4O4. The molecule has 0 saturated carbocycles. The van der Waals surface area contributed by atoms with Gasteiger partial charge in [-0.15, -0.1) is 0 Å². The molecule has 134 valence electrons. The van der Waals surface area contributed by atoms with Gasteiger partial charge in [0.05, 0.1) is 18.4 Å². The van der Waals surface area contributed by atoms with Gasteiger partial charge in [0.15, 0.2) is 5.82 Å². The number of ether oxygens (including phenoxy) is 1. The predicted molar refractivity (Wildman–Crippen MR) is 94.3 cm³/mol. The van der Waals surface area contributed by atoms with E-state index in [-0.39, 0.29) is 30.3 Å². The molecule has 2 aromatic rings. The lowest BCUT2D eigenvalue weighted by Crippen LogP contribution is -2.26. The number of anilines is 1. The summed E-state index contributed by atoms with van der Waals surface area (Å²) < 4.78 is 4.77. The zero-order valence-electron chi connectivity index (χ0n) is 14.1. The van der Waals surface area contributed by atoms with Gasteiger partial charge in [0.1, 0.15) is 0 Å². The second kappa shape index (κ2) is 9.41. The Bertz CT molecular complexity index is 788. The number of aromatic amines is 1. The lowest BCUT2D eigenvalue weighted by Gasteiger charge is -2.09. The summed E-state index contributed by atoms with van der Waals surface area (Å²) in [6, 6.07) is 7.22. The first-order valence-corrected chi connectivity index (χ1v) is 8.25. The highest BCUT2D eigenvalue weighted by atomic mass is 16.5. The van der Waals surface area contributed by atoms with Crippen LogP contribution in [-0.4, -0.2) is 41.8 Å². The van der Waals surface area contributed by atoms with Gasteiger partial charge in [-0.25, -0.2) is 5.10 Å².